The number of hydrogen-bond acceptors (Lipinski definition) is 2. The summed E-state index contributed by atoms with van der Waals surface area (Å²) >= 11 is 15.2. The van der Waals surface area contributed by atoms with Gasteiger partial charge in [0.05, 0.1) is 25.9 Å². The number of aromatic nitrogens is 1. The molecule has 0 radical (unpaired) electrons. The van der Waals surface area contributed by atoms with Crippen LogP contribution >= 0.6 is 39.1 Å². The van der Waals surface area contributed by atoms with Crippen LogP contribution in [0.4, 0.5) is 15.8 Å². The first-order valence-corrected chi connectivity index (χ1v) is 6.14. The Morgan fingerprint density at radius 2 is 1.88 bits per heavy atom. The van der Waals surface area contributed by atoms with Crippen molar-refractivity contribution in [1.29, 1.82) is 0 Å². The third-order valence-electron chi connectivity index (χ3n) is 2.04. The Morgan fingerprint density at radius 1 is 1.24 bits per heavy atom. The molecule has 17 heavy (non-hydrogen) atoms. The number of halogens is 4. The van der Waals surface area contributed by atoms with Crippen LogP contribution in [0.2, 0.25) is 10.0 Å². The molecule has 0 bridgehead atoms. The summed E-state index contributed by atoms with van der Waals surface area (Å²) < 4.78 is 13.8. The molecule has 1 heterocycles. The Kier molecular flexibility index (Phi) is 3.86. The average molecular weight is 336 g/mol. The number of benzene rings is 1. The van der Waals surface area contributed by atoms with E-state index in [1.54, 1.807) is 18.5 Å². The van der Waals surface area contributed by atoms with E-state index in [0.717, 1.165) is 10.2 Å². The molecule has 0 aliphatic heterocycles. The van der Waals surface area contributed by atoms with Crippen LogP contribution in [-0.2, 0) is 0 Å². The van der Waals surface area contributed by atoms with Gasteiger partial charge < -0.3 is 5.32 Å². The van der Waals surface area contributed by atoms with Crippen molar-refractivity contribution in [3.63, 3.8) is 0 Å². The molecule has 2 nitrogen and oxygen atoms in total. The van der Waals surface area contributed by atoms with Gasteiger partial charge in [0.25, 0.3) is 0 Å². The Morgan fingerprint density at radius 3 is 2.47 bits per heavy atom. The molecule has 0 amide bonds. The molecule has 1 aromatic carbocycles. The van der Waals surface area contributed by atoms with Crippen molar-refractivity contribution in [3.8, 4) is 0 Å². The summed E-state index contributed by atoms with van der Waals surface area (Å²) in [5, 5.41) is 3.46. The topological polar surface area (TPSA) is 24.9 Å². The molecule has 6 heteroatoms. The van der Waals surface area contributed by atoms with E-state index in [4.69, 9.17) is 23.2 Å². The first-order chi connectivity index (χ1) is 8.08. The molecule has 0 unspecified atom stereocenters. The van der Waals surface area contributed by atoms with E-state index < -0.39 is 5.82 Å². The Labute approximate surface area is 116 Å². The fourth-order valence-electron chi connectivity index (χ4n) is 1.27. The molecule has 0 saturated carbocycles. The van der Waals surface area contributed by atoms with Gasteiger partial charge in [-0.3, -0.25) is 4.98 Å². The van der Waals surface area contributed by atoms with Crippen LogP contribution in [0.25, 0.3) is 0 Å². The standard InChI is InChI=1S/C11H6BrCl2FN2/c12-7-5-16-2-1-10(7)17-11-8(13)3-6(15)4-9(11)14/h1-5H,(H,16,17). The summed E-state index contributed by atoms with van der Waals surface area (Å²) in [6.07, 6.45) is 3.26. The maximum Gasteiger partial charge on any atom is 0.126 e. The molecule has 88 valence electrons. The van der Waals surface area contributed by atoms with E-state index in [9.17, 15) is 4.39 Å². The van der Waals surface area contributed by atoms with Gasteiger partial charge in [0, 0.05) is 12.4 Å². The maximum atomic E-state index is 13.0. The largest absolute Gasteiger partial charge is 0.352 e. The van der Waals surface area contributed by atoms with Crippen molar-refractivity contribution < 1.29 is 4.39 Å². The van der Waals surface area contributed by atoms with Crippen LogP contribution in [0, 0.1) is 5.82 Å². The van der Waals surface area contributed by atoms with Gasteiger partial charge in [0.1, 0.15) is 5.82 Å². The van der Waals surface area contributed by atoms with Crippen LogP contribution in [-0.4, -0.2) is 4.98 Å². The molecular weight excluding hydrogens is 330 g/mol. The molecule has 0 atom stereocenters. The third-order valence-corrected chi connectivity index (χ3v) is 3.27. The lowest BCUT2D eigenvalue weighted by Gasteiger charge is -2.11. The predicted octanol–water partition coefficient (Wildman–Crippen LogP) is 5.03. The number of anilines is 2. The van der Waals surface area contributed by atoms with Crippen LogP contribution in [0.15, 0.2) is 35.1 Å². The average Bonchev–Trinajstić information content (AvgIpc) is 2.25. The lowest BCUT2D eigenvalue weighted by molar-refractivity contribution is 0.628. The fourth-order valence-corrected chi connectivity index (χ4v) is 2.18. The highest BCUT2D eigenvalue weighted by atomic mass is 79.9. The highest BCUT2D eigenvalue weighted by molar-refractivity contribution is 9.10. The minimum atomic E-state index is -0.473. The minimum absolute atomic E-state index is 0.221. The van der Waals surface area contributed by atoms with E-state index in [1.807, 2.05) is 0 Å². The molecular formula is C11H6BrCl2FN2. The van der Waals surface area contributed by atoms with Gasteiger partial charge in [-0.05, 0) is 34.1 Å². The smallest absolute Gasteiger partial charge is 0.126 e. The van der Waals surface area contributed by atoms with Gasteiger partial charge in [0.2, 0.25) is 0 Å². The maximum absolute atomic E-state index is 13.0. The molecule has 2 rings (SSSR count). The van der Waals surface area contributed by atoms with Gasteiger partial charge in [0.15, 0.2) is 0 Å². The number of nitrogens with zero attached hydrogens (tertiary/aromatic N) is 1. The second-order valence-corrected chi connectivity index (χ2v) is 4.89. The number of nitrogens with one attached hydrogen (secondary N) is 1. The zero-order valence-corrected chi connectivity index (χ0v) is 11.4. The zero-order chi connectivity index (χ0) is 12.4. The van der Waals surface area contributed by atoms with Crippen LogP contribution in [0.3, 0.4) is 0 Å². The van der Waals surface area contributed by atoms with Crippen molar-refractivity contribution in [2.24, 2.45) is 0 Å². The second kappa shape index (κ2) is 5.21. The number of hydrogen-bond donors (Lipinski definition) is 1. The molecule has 0 spiro atoms. The van der Waals surface area contributed by atoms with Crippen LogP contribution < -0.4 is 5.32 Å². The normalized spacial score (nSPS) is 10.4. The Bertz CT molecular complexity index is 540. The first-order valence-electron chi connectivity index (χ1n) is 4.59. The van der Waals surface area contributed by atoms with E-state index in [2.05, 4.69) is 26.2 Å². The second-order valence-electron chi connectivity index (χ2n) is 3.22. The zero-order valence-electron chi connectivity index (χ0n) is 8.35. The quantitative estimate of drug-likeness (QED) is 0.832. The van der Waals surface area contributed by atoms with Gasteiger partial charge in [-0.2, -0.15) is 0 Å². The Hall–Kier alpha value is -0.840. The van der Waals surface area contributed by atoms with E-state index in [0.29, 0.717) is 5.69 Å². The van der Waals surface area contributed by atoms with Gasteiger partial charge in [-0.15, -0.1) is 0 Å². The SMILES string of the molecule is Fc1cc(Cl)c(Nc2ccncc2Br)c(Cl)c1. The summed E-state index contributed by atoms with van der Waals surface area (Å²) in [7, 11) is 0. The van der Waals surface area contributed by atoms with Crippen molar-refractivity contribution in [2.45, 2.75) is 0 Å². The van der Waals surface area contributed by atoms with Gasteiger partial charge in [-0.1, -0.05) is 23.2 Å². The molecule has 0 fully saturated rings. The van der Waals surface area contributed by atoms with E-state index in [-0.39, 0.29) is 10.0 Å². The molecule has 1 aromatic heterocycles. The van der Waals surface area contributed by atoms with Gasteiger partial charge >= 0.3 is 0 Å². The van der Waals surface area contributed by atoms with Crippen LogP contribution in [0.1, 0.15) is 0 Å². The van der Waals surface area contributed by atoms with Crippen molar-refractivity contribution >= 4 is 50.5 Å². The van der Waals surface area contributed by atoms with E-state index >= 15 is 0 Å². The van der Waals surface area contributed by atoms with E-state index in [1.165, 1.54) is 12.1 Å². The minimum Gasteiger partial charge on any atom is -0.352 e. The summed E-state index contributed by atoms with van der Waals surface area (Å²) in [6.45, 7) is 0. The molecule has 0 saturated heterocycles. The molecule has 0 aliphatic carbocycles. The molecule has 1 N–H and O–H groups in total. The molecule has 0 aliphatic rings. The highest BCUT2D eigenvalue weighted by Gasteiger charge is 2.10. The lowest BCUT2D eigenvalue weighted by atomic mass is 10.3. The fraction of sp³-hybridized carbons (Fsp3) is 0. The highest BCUT2D eigenvalue weighted by Crippen LogP contribution is 2.35. The summed E-state index contributed by atoms with van der Waals surface area (Å²) in [5.41, 5.74) is 1.21. The predicted molar refractivity (Wildman–Crippen MR) is 71.6 cm³/mol. The lowest BCUT2D eigenvalue weighted by Crippen LogP contribution is -1.94. The summed E-state index contributed by atoms with van der Waals surface area (Å²) in [5.74, 6) is -0.473. The van der Waals surface area contributed by atoms with Crippen LogP contribution in [0.5, 0.6) is 0 Å². The summed E-state index contributed by atoms with van der Waals surface area (Å²) in [4.78, 5) is 3.93. The number of pyridine rings is 1. The Balaban J connectivity index is 2.40. The third kappa shape index (κ3) is 2.89. The van der Waals surface area contributed by atoms with Crippen molar-refractivity contribution in [2.75, 3.05) is 5.32 Å². The van der Waals surface area contributed by atoms with Crippen molar-refractivity contribution in [1.82, 2.24) is 4.98 Å². The molecule has 2 aromatic rings. The van der Waals surface area contributed by atoms with Crippen molar-refractivity contribution in [3.05, 3.63) is 50.9 Å². The summed E-state index contributed by atoms with van der Waals surface area (Å²) in [6, 6.07) is 4.15. The van der Waals surface area contributed by atoms with Gasteiger partial charge in [-0.25, -0.2) is 4.39 Å². The monoisotopic (exact) mass is 334 g/mol. The number of rotatable bonds is 2. The first kappa shape index (κ1) is 12.6.